The highest BCUT2D eigenvalue weighted by Crippen LogP contribution is 2.41. The number of carbonyl (C=O) groups excluding carboxylic acids is 1. The number of amides is 1. The molecule has 8 heteroatoms. The molecule has 1 amide bonds. The van der Waals surface area contributed by atoms with E-state index >= 15 is 0 Å². The Hall–Kier alpha value is -1.05. The lowest BCUT2D eigenvalue weighted by molar-refractivity contribution is -0.115. The van der Waals surface area contributed by atoms with Crippen molar-refractivity contribution in [3.05, 3.63) is 28.8 Å². The van der Waals surface area contributed by atoms with Crippen molar-refractivity contribution < 1.29 is 13.2 Å². The minimum atomic E-state index is -3.05. The number of aryl methyl sites for hydroxylation is 1. The molecule has 2 heterocycles. The van der Waals surface area contributed by atoms with Crippen LogP contribution < -0.4 is 4.90 Å². The number of hydrogen-bond acceptors (Lipinski definition) is 4. The number of amidine groups is 1. The van der Waals surface area contributed by atoms with E-state index in [0.717, 1.165) is 11.3 Å². The van der Waals surface area contributed by atoms with Gasteiger partial charge in [0.05, 0.1) is 17.5 Å². The number of sulfone groups is 1. The van der Waals surface area contributed by atoms with Crippen molar-refractivity contribution in [2.24, 2.45) is 4.99 Å². The van der Waals surface area contributed by atoms with Gasteiger partial charge in [0.15, 0.2) is 15.0 Å². The molecule has 2 saturated heterocycles. The maximum atomic E-state index is 11.9. The van der Waals surface area contributed by atoms with Gasteiger partial charge in [-0.2, -0.15) is 4.99 Å². The van der Waals surface area contributed by atoms with Gasteiger partial charge >= 0.3 is 0 Å². The van der Waals surface area contributed by atoms with Crippen LogP contribution in [0.15, 0.2) is 23.2 Å². The van der Waals surface area contributed by atoms with Crippen molar-refractivity contribution in [3.63, 3.8) is 0 Å². The van der Waals surface area contributed by atoms with Gasteiger partial charge in [-0.1, -0.05) is 29.4 Å². The molecule has 2 fully saturated rings. The number of anilines is 1. The predicted molar refractivity (Wildman–Crippen MR) is 90.6 cm³/mol. The van der Waals surface area contributed by atoms with Gasteiger partial charge in [-0.25, -0.2) is 8.42 Å². The number of aliphatic imine (C=N–C) groups is 1. The second-order valence-corrected chi connectivity index (χ2v) is 9.28. The minimum absolute atomic E-state index is 0.0765. The van der Waals surface area contributed by atoms with E-state index in [2.05, 4.69) is 4.99 Å². The SMILES string of the molecule is CC(=O)N=C1S[C@@H]2CS(=O)(=O)C[C@@H]2N1c1ccc(C)c(Cl)c1. The van der Waals surface area contributed by atoms with Gasteiger partial charge in [0.25, 0.3) is 0 Å². The molecule has 0 radical (unpaired) electrons. The molecule has 0 spiro atoms. The second kappa shape index (κ2) is 5.54. The van der Waals surface area contributed by atoms with Crippen LogP contribution >= 0.6 is 23.4 Å². The largest absolute Gasteiger partial charge is 0.316 e. The molecule has 0 aromatic heterocycles. The van der Waals surface area contributed by atoms with E-state index in [-0.39, 0.29) is 28.7 Å². The Morgan fingerprint density at radius 1 is 1.41 bits per heavy atom. The number of rotatable bonds is 1. The summed E-state index contributed by atoms with van der Waals surface area (Å²) in [5.74, 6) is -0.101. The number of halogens is 1. The molecule has 1 aromatic rings. The Morgan fingerprint density at radius 2 is 2.14 bits per heavy atom. The zero-order chi connectivity index (χ0) is 16.1. The van der Waals surface area contributed by atoms with E-state index in [4.69, 9.17) is 11.6 Å². The Kier molecular flexibility index (Phi) is 3.99. The first-order chi connectivity index (χ1) is 10.3. The normalized spacial score (nSPS) is 28.1. The zero-order valence-electron chi connectivity index (χ0n) is 12.1. The summed E-state index contributed by atoms with van der Waals surface area (Å²) < 4.78 is 23.8. The number of nitrogens with zero attached hydrogens (tertiary/aromatic N) is 2. The predicted octanol–water partition coefficient (Wildman–Crippen LogP) is 2.27. The van der Waals surface area contributed by atoms with Crippen molar-refractivity contribution in [3.8, 4) is 0 Å². The van der Waals surface area contributed by atoms with Crippen LogP contribution in [0.5, 0.6) is 0 Å². The summed E-state index contributed by atoms with van der Waals surface area (Å²) in [5.41, 5.74) is 1.71. The van der Waals surface area contributed by atoms with E-state index in [1.807, 2.05) is 24.0 Å². The van der Waals surface area contributed by atoms with Crippen LogP contribution in [0.3, 0.4) is 0 Å². The first-order valence-electron chi connectivity index (χ1n) is 6.78. The Balaban J connectivity index is 2.06. The summed E-state index contributed by atoms with van der Waals surface area (Å²) in [5, 5.41) is 1.06. The van der Waals surface area contributed by atoms with Crippen molar-refractivity contribution in [1.82, 2.24) is 0 Å². The highest BCUT2D eigenvalue weighted by Gasteiger charge is 2.49. The minimum Gasteiger partial charge on any atom is -0.316 e. The molecule has 2 atom stereocenters. The third-order valence-electron chi connectivity index (χ3n) is 3.75. The molecular weight excluding hydrogens is 344 g/mol. The summed E-state index contributed by atoms with van der Waals surface area (Å²) in [6.45, 7) is 3.29. The van der Waals surface area contributed by atoms with Gasteiger partial charge in [0.2, 0.25) is 5.91 Å². The lowest BCUT2D eigenvalue weighted by Crippen LogP contribution is -2.37. The fourth-order valence-corrected chi connectivity index (χ4v) is 6.87. The van der Waals surface area contributed by atoms with E-state index in [1.54, 1.807) is 6.07 Å². The van der Waals surface area contributed by atoms with Crippen molar-refractivity contribution in [2.45, 2.75) is 25.1 Å². The monoisotopic (exact) mass is 358 g/mol. The van der Waals surface area contributed by atoms with Gasteiger partial charge in [-0.05, 0) is 24.6 Å². The summed E-state index contributed by atoms with van der Waals surface area (Å²) in [6.07, 6.45) is 0. The molecule has 0 saturated carbocycles. The van der Waals surface area contributed by atoms with Gasteiger partial charge < -0.3 is 4.90 Å². The number of carbonyl (C=O) groups is 1. The van der Waals surface area contributed by atoms with Gasteiger partial charge in [-0.15, -0.1) is 0 Å². The fraction of sp³-hybridized carbons (Fsp3) is 0.429. The number of benzene rings is 1. The van der Waals surface area contributed by atoms with Crippen molar-refractivity contribution in [2.75, 3.05) is 16.4 Å². The molecule has 2 aliphatic heterocycles. The maximum absolute atomic E-state index is 11.9. The lowest BCUT2D eigenvalue weighted by Gasteiger charge is -2.24. The summed E-state index contributed by atoms with van der Waals surface area (Å²) >= 11 is 7.54. The topological polar surface area (TPSA) is 66.8 Å². The standard InChI is InChI=1S/C14H15ClN2O3S2/c1-8-3-4-10(5-11(8)15)17-12-6-22(19,20)7-13(12)21-14(17)16-9(2)18/h3-5,12-13H,6-7H2,1-2H3/t12-,13+/m0/s1. The average molecular weight is 359 g/mol. The Bertz CT molecular complexity index is 776. The molecule has 0 unspecified atom stereocenters. The van der Waals surface area contributed by atoms with Gasteiger partial charge in [-0.3, -0.25) is 4.79 Å². The molecule has 3 rings (SSSR count). The van der Waals surface area contributed by atoms with E-state index < -0.39 is 9.84 Å². The smallest absolute Gasteiger partial charge is 0.244 e. The first-order valence-corrected chi connectivity index (χ1v) is 9.86. The van der Waals surface area contributed by atoms with Gasteiger partial charge in [0.1, 0.15) is 0 Å². The Labute approximate surface area is 138 Å². The summed E-state index contributed by atoms with van der Waals surface area (Å²) in [6, 6.07) is 5.35. The summed E-state index contributed by atoms with van der Waals surface area (Å²) in [4.78, 5) is 17.3. The maximum Gasteiger partial charge on any atom is 0.244 e. The molecule has 118 valence electrons. The number of hydrogen-bond donors (Lipinski definition) is 0. The first kappa shape index (κ1) is 15.8. The average Bonchev–Trinajstić information content (AvgIpc) is 2.83. The zero-order valence-corrected chi connectivity index (χ0v) is 14.5. The molecule has 22 heavy (non-hydrogen) atoms. The van der Waals surface area contributed by atoms with Crippen LogP contribution in [0.2, 0.25) is 5.02 Å². The van der Waals surface area contributed by atoms with E-state index in [9.17, 15) is 13.2 Å². The third kappa shape index (κ3) is 2.89. The van der Waals surface area contributed by atoms with Crippen LogP contribution in [-0.4, -0.2) is 42.3 Å². The number of thioether (sulfide) groups is 1. The quantitative estimate of drug-likeness (QED) is 0.770. The van der Waals surface area contributed by atoms with Crippen molar-refractivity contribution in [1.29, 1.82) is 0 Å². The Morgan fingerprint density at radius 3 is 2.77 bits per heavy atom. The molecule has 2 aliphatic rings. The van der Waals surface area contributed by atoms with Crippen molar-refractivity contribution >= 4 is 50.0 Å². The van der Waals surface area contributed by atoms with E-state index in [1.165, 1.54) is 18.7 Å². The van der Waals surface area contributed by atoms with Gasteiger partial charge in [0, 0.05) is 22.9 Å². The second-order valence-electron chi connectivity index (χ2n) is 5.52. The third-order valence-corrected chi connectivity index (χ3v) is 7.37. The fourth-order valence-electron chi connectivity index (χ4n) is 2.73. The van der Waals surface area contributed by atoms with Crippen LogP contribution in [0.4, 0.5) is 5.69 Å². The number of fused-ring (bicyclic) bond motifs is 1. The van der Waals surface area contributed by atoms with Crippen LogP contribution in [-0.2, 0) is 14.6 Å². The molecule has 5 nitrogen and oxygen atoms in total. The van der Waals surface area contributed by atoms with Crippen LogP contribution in [0.1, 0.15) is 12.5 Å². The van der Waals surface area contributed by atoms with Crippen LogP contribution in [0, 0.1) is 6.92 Å². The molecule has 0 N–H and O–H groups in total. The lowest BCUT2D eigenvalue weighted by atomic mass is 10.1. The molecule has 0 aliphatic carbocycles. The summed E-state index contributed by atoms with van der Waals surface area (Å²) in [7, 11) is -3.05. The molecule has 1 aromatic carbocycles. The highest BCUT2D eigenvalue weighted by atomic mass is 35.5. The molecular formula is C14H15ClN2O3S2. The van der Waals surface area contributed by atoms with Crippen LogP contribution in [0.25, 0.3) is 0 Å². The highest BCUT2D eigenvalue weighted by molar-refractivity contribution is 8.16. The van der Waals surface area contributed by atoms with E-state index in [0.29, 0.717) is 10.2 Å². The molecule has 0 bridgehead atoms.